The third kappa shape index (κ3) is 12.1. The zero-order valence-electron chi connectivity index (χ0n) is 15.4. The lowest BCUT2D eigenvalue weighted by Crippen LogP contribution is -2.56. The molecule has 0 aromatic heterocycles. The summed E-state index contributed by atoms with van der Waals surface area (Å²) < 4.78 is 6.66. The molecule has 0 aromatic carbocycles. The minimum atomic E-state index is -2.23. The fourth-order valence-corrected chi connectivity index (χ4v) is 36.5. The number of hydrogen-bond donors (Lipinski definition) is 3. The van der Waals surface area contributed by atoms with E-state index in [1.165, 1.54) is 0 Å². The molecule has 21 heavy (non-hydrogen) atoms. The van der Waals surface area contributed by atoms with Gasteiger partial charge in [0, 0.05) is 0 Å². The molecule has 128 valence electrons. The summed E-state index contributed by atoms with van der Waals surface area (Å²) in [5.74, 6) is 0. The van der Waals surface area contributed by atoms with Gasteiger partial charge in [0.05, 0.1) is 0 Å². The predicted octanol–water partition coefficient (Wildman–Crippen LogP) is 2.99. The van der Waals surface area contributed by atoms with Crippen molar-refractivity contribution in [3.63, 3.8) is 0 Å². The first-order valence-electron chi connectivity index (χ1n) is 7.70. The van der Waals surface area contributed by atoms with E-state index in [0.29, 0.717) is 0 Å². The Morgan fingerprint density at radius 3 is 1.10 bits per heavy atom. The second-order valence-electron chi connectivity index (χ2n) is 9.28. The Balaban J connectivity index is 5.23. The first kappa shape index (κ1) is 21.9. The largest absolute Gasteiger partial charge is 0.456 e. The van der Waals surface area contributed by atoms with Crippen LogP contribution in [-0.4, -0.2) is 56.0 Å². The van der Waals surface area contributed by atoms with Crippen LogP contribution < -0.4 is 0 Å². The van der Waals surface area contributed by atoms with Gasteiger partial charge in [-0.1, -0.05) is 0 Å². The predicted molar refractivity (Wildman–Crippen MR) is 104 cm³/mol. The van der Waals surface area contributed by atoms with Crippen LogP contribution in [0.4, 0.5) is 0 Å². The molecule has 0 aliphatic heterocycles. The van der Waals surface area contributed by atoms with E-state index >= 15 is 0 Å². The van der Waals surface area contributed by atoms with Crippen molar-refractivity contribution in [2.45, 2.75) is 75.9 Å². The first-order chi connectivity index (χ1) is 8.83. The van der Waals surface area contributed by atoms with Crippen LogP contribution in [0.3, 0.4) is 0 Å². The zero-order valence-corrected chi connectivity index (χ0v) is 20.4. The van der Waals surface area contributed by atoms with E-state index in [2.05, 4.69) is 19.6 Å². The molecule has 3 N–H and O–H groups in total. The number of hydrogen-bond acceptors (Lipinski definition) is 4. The summed E-state index contributed by atoms with van der Waals surface area (Å²) in [6, 6.07) is 0. The highest BCUT2D eigenvalue weighted by Gasteiger charge is 2.46. The second-order valence-corrected chi connectivity index (χ2v) is 31.6. The van der Waals surface area contributed by atoms with Gasteiger partial charge in [0.15, 0.2) is 41.6 Å². The van der Waals surface area contributed by atoms with E-state index in [1.54, 1.807) is 0 Å². The van der Waals surface area contributed by atoms with E-state index in [-0.39, 0.29) is 0 Å². The Kier molecular flexibility index (Phi) is 7.11. The maximum atomic E-state index is 10.4. The van der Waals surface area contributed by atoms with Gasteiger partial charge in [-0.2, -0.15) is 0 Å². The normalized spacial score (nSPS) is 15.4. The lowest BCUT2D eigenvalue weighted by atomic mass is 11.7. The highest BCUT2D eigenvalue weighted by Crippen LogP contribution is 2.32. The third-order valence-electron chi connectivity index (χ3n) is 2.99. The zero-order chi connectivity index (χ0) is 17.3. The molecule has 0 aromatic rings. The van der Waals surface area contributed by atoms with Crippen LogP contribution in [0.25, 0.3) is 0 Å². The van der Waals surface area contributed by atoms with Crippen molar-refractivity contribution in [3.8, 4) is 0 Å². The molecule has 0 unspecified atom stereocenters. The van der Waals surface area contributed by atoms with Gasteiger partial charge in [-0.3, -0.25) is 0 Å². The molecule has 4 nitrogen and oxygen atoms in total. The standard InChI is InChI=1S/C12H36O4Si5/c1-17(2,13)10-20(7,8)16-21(9,11-18(3,4)14)12-19(5,6)15/h13-15H,10-12H2,1-9H3. The molecule has 0 fully saturated rings. The van der Waals surface area contributed by atoms with Crippen molar-refractivity contribution in [3.05, 3.63) is 0 Å². The molecule has 9 heteroatoms. The highest BCUT2D eigenvalue weighted by atomic mass is 28.5. The summed E-state index contributed by atoms with van der Waals surface area (Å²) in [5, 5.41) is 0. The average molecular weight is 385 g/mol. The van der Waals surface area contributed by atoms with Gasteiger partial charge in [-0.25, -0.2) is 0 Å². The van der Waals surface area contributed by atoms with Crippen LogP contribution in [0.2, 0.25) is 75.9 Å². The van der Waals surface area contributed by atoms with Crippen LogP contribution in [0, 0.1) is 0 Å². The Morgan fingerprint density at radius 2 is 0.857 bits per heavy atom. The fraction of sp³-hybridized carbons (Fsp3) is 1.00. The van der Waals surface area contributed by atoms with Gasteiger partial charge in [0.1, 0.15) is 0 Å². The Labute approximate surface area is 136 Å². The molecule has 0 heterocycles. The van der Waals surface area contributed by atoms with Gasteiger partial charge in [0.25, 0.3) is 0 Å². The second kappa shape index (κ2) is 6.81. The van der Waals surface area contributed by atoms with Gasteiger partial charge in [-0.05, 0) is 75.9 Å². The van der Waals surface area contributed by atoms with Gasteiger partial charge < -0.3 is 18.5 Å². The minimum Gasteiger partial charge on any atom is -0.456 e. The summed E-state index contributed by atoms with van der Waals surface area (Å²) in [4.78, 5) is 31.0. The summed E-state index contributed by atoms with van der Waals surface area (Å²) >= 11 is 0. The van der Waals surface area contributed by atoms with Crippen LogP contribution in [0.15, 0.2) is 0 Å². The van der Waals surface area contributed by atoms with Crippen LogP contribution in [0.5, 0.6) is 0 Å². The molecule has 0 rings (SSSR count). The molecule has 0 radical (unpaired) electrons. The Hall–Kier alpha value is 0.924. The monoisotopic (exact) mass is 384 g/mol. The lowest BCUT2D eigenvalue weighted by Gasteiger charge is -2.42. The smallest absolute Gasteiger partial charge is 0.182 e. The molecule has 0 aliphatic rings. The van der Waals surface area contributed by atoms with E-state index in [0.717, 1.165) is 17.0 Å². The molecular weight excluding hydrogens is 349 g/mol. The SMILES string of the molecule is C[Si](C)(O)C[Si](C)(C)O[Si](C)(C[Si](C)(C)O)C[Si](C)(C)O. The summed E-state index contributed by atoms with van der Waals surface area (Å²) in [5.41, 5.74) is 2.34. The van der Waals surface area contributed by atoms with Crippen LogP contribution in [0.1, 0.15) is 0 Å². The maximum Gasteiger partial charge on any atom is 0.182 e. The van der Waals surface area contributed by atoms with Crippen LogP contribution in [-0.2, 0) is 4.12 Å². The fourth-order valence-electron chi connectivity index (χ4n) is 3.71. The molecule has 0 aliphatic carbocycles. The van der Waals surface area contributed by atoms with E-state index in [4.69, 9.17) is 4.12 Å². The molecule has 0 amide bonds. The van der Waals surface area contributed by atoms with E-state index in [1.807, 2.05) is 39.3 Å². The molecule has 0 bridgehead atoms. The van der Waals surface area contributed by atoms with E-state index < -0.39 is 41.6 Å². The van der Waals surface area contributed by atoms with Crippen molar-refractivity contribution < 1.29 is 18.5 Å². The third-order valence-corrected chi connectivity index (χ3v) is 26.9. The van der Waals surface area contributed by atoms with E-state index in [9.17, 15) is 14.4 Å². The Morgan fingerprint density at radius 1 is 0.571 bits per heavy atom. The minimum absolute atomic E-state index is 0.765. The van der Waals surface area contributed by atoms with Crippen molar-refractivity contribution in [1.29, 1.82) is 0 Å². The lowest BCUT2D eigenvalue weighted by molar-refractivity contribution is 0.509. The summed E-state index contributed by atoms with van der Waals surface area (Å²) in [6.45, 7) is 18.2. The van der Waals surface area contributed by atoms with Crippen molar-refractivity contribution in [2.75, 3.05) is 0 Å². The molecule has 0 saturated carbocycles. The first-order valence-corrected chi connectivity index (χ1v) is 23.1. The van der Waals surface area contributed by atoms with Crippen molar-refractivity contribution in [1.82, 2.24) is 0 Å². The summed E-state index contributed by atoms with van der Waals surface area (Å²) in [7, 11) is -10.8. The van der Waals surface area contributed by atoms with Crippen molar-refractivity contribution in [2.24, 2.45) is 0 Å². The molecule has 0 atom stereocenters. The number of rotatable bonds is 8. The molecule has 0 saturated heterocycles. The van der Waals surface area contributed by atoms with Gasteiger partial charge in [-0.15, -0.1) is 0 Å². The molecular formula is C12H36O4Si5. The average Bonchev–Trinajstić information content (AvgIpc) is 1.83. The molecule has 0 spiro atoms. The van der Waals surface area contributed by atoms with Crippen molar-refractivity contribution >= 4 is 41.6 Å². The van der Waals surface area contributed by atoms with Crippen LogP contribution >= 0.6 is 0 Å². The highest BCUT2D eigenvalue weighted by molar-refractivity contribution is 7.01. The quantitative estimate of drug-likeness (QED) is 0.563. The topological polar surface area (TPSA) is 69.9 Å². The summed E-state index contributed by atoms with van der Waals surface area (Å²) in [6.07, 6.45) is 0. The maximum absolute atomic E-state index is 10.4. The van der Waals surface area contributed by atoms with Gasteiger partial charge >= 0.3 is 0 Å². The Bertz CT molecular complexity index is 325. The van der Waals surface area contributed by atoms with Gasteiger partial charge in [0.2, 0.25) is 0 Å².